The second kappa shape index (κ2) is 4.87. The maximum atomic E-state index is 8.16. The zero-order valence-electron chi connectivity index (χ0n) is 5.14. The minimum absolute atomic E-state index is 0. The van der Waals surface area contributed by atoms with Crippen LogP contribution in [0, 0.1) is 11.5 Å². The summed E-state index contributed by atoms with van der Waals surface area (Å²) in [4.78, 5) is 0. The number of hydrogen-bond donors (Lipinski definition) is 1. The van der Waals surface area contributed by atoms with Crippen LogP contribution in [0.5, 0.6) is 0 Å². The third-order valence-electron chi connectivity index (χ3n) is 0.974. The van der Waals surface area contributed by atoms with E-state index in [0.717, 1.165) is 5.69 Å². The molecule has 0 aromatic heterocycles. The largest absolute Gasteiger partial charge is 0.293 e. The smallest absolute Gasteiger partial charge is 0.181 e. The molecule has 1 aromatic carbocycles. The maximum Gasteiger partial charge on any atom is 0.181 e. The van der Waals surface area contributed by atoms with Crippen molar-refractivity contribution in [2.45, 2.75) is 0 Å². The Labute approximate surface area is 70.3 Å². The monoisotopic (exact) mass is 181 g/mol. The Balaban J connectivity index is 0.000000810. The summed E-state index contributed by atoms with van der Waals surface area (Å²) >= 11 is 0. The molecule has 1 radical (unpaired) electrons. The Morgan fingerprint density at radius 3 is 2.30 bits per heavy atom. The fraction of sp³-hybridized carbons (Fsp3) is 0. The van der Waals surface area contributed by atoms with Crippen molar-refractivity contribution in [3.63, 3.8) is 0 Å². The summed E-state index contributed by atoms with van der Waals surface area (Å²) in [5, 5.41) is 10.7. The molecular formula is C7H6CuN2. The van der Waals surface area contributed by atoms with Gasteiger partial charge in [-0.15, -0.1) is 0 Å². The minimum Gasteiger partial charge on any atom is -0.293 e. The molecule has 0 aliphatic heterocycles. The average Bonchev–Trinajstić information content (AvgIpc) is 1.91. The summed E-state index contributed by atoms with van der Waals surface area (Å²) in [5.74, 6) is 0. The van der Waals surface area contributed by atoms with Gasteiger partial charge in [-0.1, -0.05) is 18.2 Å². The third kappa shape index (κ3) is 2.54. The molecule has 0 unspecified atom stereocenters. The van der Waals surface area contributed by atoms with Crippen LogP contribution in [0.3, 0.4) is 0 Å². The van der Waals surface area contributed by atoms with Crippen LogP contribution in [0.25, 0.3) is 0 Å². The predicted molar refractivity (Wildman–Crippen MR) is 35.7 cm³/mol. The van der Waals surface area contributed by atoms with Crippen LogP contribution in [0.15, 0.2) is 30.3 Å². The van der Waals surface area contributed by atoms with Crippen LogP contribution < -0.4 is 5.32 Å². The molecule has 0 bridgehead atoms. The summed E-state index contributed by atoms with van der Waals surface area (Å²) in [7, 11) is 0. The van der Waals surface area contributed by atoms with Crippen molar-refractivity contribution in [2.24, 2.45) is 0 Å². The van der Waals surface area contributed by atoms with Gasteiger partial charge < -0.3 is 0 Å². The summed E-state index contributed by atoms with van der Waals surface area (Å²) < 4.78 is 0. The SMILES string of the molecule is N#CNc1ccccc1.[Cu]. The number of hydrogen-bond acceptors (Lipinski definition) is 2. The summed E-state index contributed by atoms with van der Waals surface area (Å²) in [6.07, 6.45) is 1.83. The first-order chi connectivity index (χ1) is 4.43. The van der Waals surface area contributed by atoms with Crippen molar-refractivity contribution >= 4 is 5.69 Å². The van der Waals surface area contributed by atoms with Gasteiger partial charge in [-0.25, -0.2) is 0 Å². The number of nitriles is 1. The topological polar surface area (TPSA) is 35.8 Å². The molecule has 1 N–H and O–H groups in total. The second-order valence-corrected chi connectivity index (χ2v) is 1.60. The van der Waals surface area contributed by atoms with E-state index in [4.69, 9.17) is 5.26 Å². The fourth-order valence-corrected chi connectivity index (χ4v) is 0.586. The van der Waals surface area contributed by atoms with Crippen LogP contribution in [0.1, 0.15) is 0 Å². The number of para-hydroxylation sites is 1. The molecule has 1 rings (SSSR count). The number of rotatable bonds is 1. The van der Waals surface area contributed by atoms with E-state index in [9.17, 15) is 0 Å². The number of nitrogens with zero attached hydrogens (tertiary/aromatic N) is 1. The van der Waals surface area contributed by atoms with Crippen molar-refractivity contribution in [1.29, 1.82) is 5.26 Å². The van der Waals surface area contributed by atoms with Gasteiger partial charge in [0.05, 0.1) is 0 Å². The molecule has 1 aromatic rings. The Morgan fingerprint density at radius 1 is 1.20 bits per heavy atom. The van der Waals surface area contributed by atoms with Gasteiger partial charge in [0.25, 0.3) is 0 Å². The van der Waals surface area contributed by atoms with E-state index in [1.54, 1.807) is 0 Å². The first-order valence-corrected chi connectivity index (χ1v) is 2.63. The van der Waals surface area contributed by atoms with E-state index in [1.807, 2.05) is 36.5 Å². The molecule has 0 spiro atoms. The van der Waals surface area contributed by atoms with Gasteiger partial charge in [0.15, 0.2) is 6.19 Å². The van der Waals surface area contributed by atoms with Crippen LogP contribution >= 0.6 is 0 Å². The van der Waals surface area contributed by atoms with Crippen LogP contribution in [-0.2, 0) is 17.1 Å². The molecule has 3 heteroatoms. The molecular weight excluding hydrogens is 176 g/mol. The van der Waals surface area contributed by atoms with E-state index < -0.39 is 0 Å². The van der Waals surface area contributed by atoms with Crippen LogP contribution in [-0.4, -0.2) is 0 Å². The molecule has 0 saturated heterocycles. The fourth-order valence-electron chi connectivity index (χ4n) is 0.586. The first kappa shape index (κ1) is 9.03. The Hall–Kier alpha value is -0.971. The van der Waals surface area contributed by atoms with Gasteiger partial charge in [0.1, 0.15) is 0 Å². The van der Waals surface area contributed by atoms with Crippen molar-refractivity contribution in [3.8, 4) is 6.19 Å². The zero-order chi connectivity index (χ0) is 6.53. The van der Waals surface area contributed by atoms with E-state index in [1.165, 1.54) is 0 Å². The first-order valence-electron chi connectivity index (χ1n) is 2.63. The van der Waals surface area contributed by atoms with E-state index in [-0.39, 0.29) is 17.1 Å². The number of benzene rings is 1. The predicted octanol–water partition coefficient (Wildman–Crippen LogP) is 1.58. The van der Waals surface area contributed by atoms with E-state index in [2.05, 4.69) is 5.32 Å². The molecule has 2 nitrogen and oxygen atoms in total. The Morgan fingerprint density at radius 2 is 1.80 bits per heavy atom. The molecule has 0 atom stereocenters. The quantitative estimate of drug-likeness (QED) is 0.406. The molecule has 0 saturated carbocycles. The van der Waals surface area contributed by atoms with Gasteiger partial charge in [-0.3, -0.25) is 5.32 Å². The van der Waals surface area contributed by atoms with Crippen LogP contribution in [0.4, 0.5) is 5.69 Å². The van der Waals surface area contributed by atoms with Gasteiger partial charge in [-0.2, -0.15) is 5.26 Å². The molecule has 0 amide bonds. The minimum atomic E-state index is 0. The molecule has 0 aliphatic rings. The van der Waals surface area contributed by atoms with Gasteiger partial charge in [0.2, 0.25) is 0 Å². The summed E-state index contributed by atoms with van der Waals surface area (Å²) in [6, 6.07) is 9.33. The molecule has 0 fully saturated rings. The molecule has 0 heterocycles. The standard InChI is InChI=1S/C7H6N2.Cu/c8-6-9-7-4-2-1-3-5-7;/h1-5,9H;. The Kier molecular flexibility index (Phi) is 4.39. The van der Waals surface area contributed by atoms with E-state index in [0.29, 0.717) is 0 Å². The number of nitrogens with one attached hydrogen (secondary N) is 1. The normalized spacial score (nSPS) is 7.10. The molecule has 10 heavy (non-hydrogen) atoms. The second-order valence-electron chi connectivity index (χ2n) is 1.60. The average molecular weight is 182 g/mol. The van der Waals surface area contributed by atoms with Gasteiger partial charge in [0, 0.05) is 22.8 Å². The van der Waals surface area contributed by atoms with Crippen molar-refractivity contribution in [1.82, 2.24) is 0 Å². The van der Waals surface area contributed by atoms with Gasteiger partial charge in [-0.05, 0) is 12.1 Å². The zero-order valence-corrected chi connectivity index (χ0v) is 6.08. The van der Waals surface area contributed by atoms with Crippen LogP contribution in [0.2, 0.25) is 0 Å². The summed E-state index contributed by atoms with van der Waals surface area (Å²) in [5.41, 5.74) is 0.833. The molecule has 55 valence electrons. The maximum absolute atomic E-state index is 8.16. The third-order valence-corrected chi connectivity index (χ3v) is 0.974. The Bertz CT molecular complexity index is 215. The summed E-state index contributed by atoms with van der Waals surface area (Å²) in [6.45, 7) is 0. The van der Waals surface area contributed by atoms with Crippen molar-refractivity contribution < 1.29 is 17.1 Å². The van der Waals surface area contributed by atoms with Gasteiger partial charge >= 0.3 is 0 Å². The van der Waals surface area contributed by atoms with E-state index >= 15 is 0 Å². The number of anilines is 1. The van der Waals surface area contributed by atoms with Crippen molar-refractivity contribution in [2.75, 3.05) is 5.32 Å². The molecule has 0 aliphatic carbocycles. The van der Waals surface area contributed by atoms with Crippen molar-refractivity contribution in [3.05, 3.63) is 30.3 Å².